The minimum atomic E-state index is -0.383. The van der Waals surface area contributed by atoms with Crippen LogP contribution in [0.5, 0.6) is 0 Å². The smallest absolute Gasteiger partial charge is 0.234 e. The molecule has 0 saturated carbocycles. The molecule has 1 amide bonds. The van der Waals surface area contributed by atoms with E-state index in [1.54, 1.807) is 16.7 Å². The fourth-order valence-corrected chi connectivity index (χ4v) is 4.27. The van der Waals surface area contributed by atoms with Crippen LogP contribution in [-0.4, -0.2) is 55.8 Å². The third kappa shape index (κ3) is 4.35. The van der Waals surface area contributed by atoms with Crippen LogP contribution in [0.1, 0.15) is 30.7 Å². The summed E-state index contributed by atoms with van der Waals surface area (Å²) in [6, 6.07) is 4.82. The lowest BCUT2D eigenvalue weighted by Crippen LogP contribution is -2.40. The highest BCUT2D eigenvalue weighted by Crippen LogP contribution is 2.24. The molecule has 0 unspecified atom stereocenters. The first-order chi connectivity index (χ1) is 16.1. The van der Waals surface area contributed by atoms with Crippen LogP contribution in [-0.2, 0) is 11.2 Å². The van der Waals surface area contributed by atoms with Gasteiger partial charge in [-0.3, -0.25) is 9.20 Å². The van der Waals surface area contributed by atoms with Gasteiger partial charge >= 0.3 is 0 Å². The number of amidine groups is 1. The number of carbonyl (C=O) groups excluding carboxylic acids is 1. The van der Waals surface area contributed by atoms with Crippen molar-refractivity contribution in [3.63, 3.8) is 0 Å². The molecule has 9 nitrogen and oxygen atoms in total. The van der Waals surface area contributed by atoms with Crippen LogP contribution in [0.4, 0.5) is 4.39 Å². The first kappa shape index (κ1) is 20.9. The number of likely N-dealkylation sites (tertiary alicyclic amines) is 1. The fraction of sp³-hybridized carbons (Fsp3) is 0.348. The van der Waals surface area contributed by atoms with E-state index in [9.17, 15) is 9.18 Å². The Morgan fingerprint density at radius 1 is 1.30 bits per heavy atom. The molecule has 2 aliphatic heterocycles. The van der Waals surface area contributed by atoms with Crippen molar-refractivity contribution < 1.29 is 9.18 Å². The van der Waals surface area contributed by atoms with Crippen molar-refractivity contribution in [1.82, 2.24) is 24.3 Å². The number of hydrogen-bond donors (Lipinski definition) is 0. The van der Waals surface area contributed by atoms with Crippen molar-refractivity contribution in [2.24, 2.45) is 21.1 Å². The lowest BCUT2D eigenvalue weighted by atomic mass is 9.93. The molecule has 2 aliphatic rings. The van der Waals surface area contributed by atoms with Crippen LogP contribution in [0.3, 0.4) is 0 Å². The van der Waals surface area contributed by atoms with E-state index in [4.69, 9.17) is 11.4 Å². The summed E-state index contributed by atoms with van der Waals surface area (Å²) in [7, 11) is 0. The van der Waals surface area contributed by atoms with Crippen molar-refractivity contribution in [1.29, 1.82) is 0 Å². The Balaban J connectivity index is 1.49. The Hall–Kier alpha value is -4.00. The van der Waals surface area contributed by atoms with E-state index in [-0.39, 0.29) is 30.7 Å². The van der Waals surface area contributed by atoms with Crippen LogP contribution in [0, 0.1) is 24.1 Å². The van der Waals surface area contributed by atoms with E-state index in [0.717, 1.165) is 25.1 Å². The number of hydrogen-bond acceptors (Lipinski definition) is 7. The lowest BCUT2D eigenvalue weighted by molar-refractivity contribution is -0.131. The zero-order valence-corrected chi connectivity index (χ0v) is 17.9. The normalized spacial score (nSPS) is 17.9. The molecular formula is C23H21FN8O. The molecule has 0 N–H and O–H groups in total. The van der Waals surface area contributed by atoms with E-state index in [1.807, 2.05) is 11.0 Å². The molecule has 0 aliphatic carbocycles. The number of halogens is 1. The second-order valence-corrected chi connectivity index (χ2v) is 8.08. The minimum Gasteiger partial charge on any atom is -0.342 e. The maximum atomic E-state index is 13.9. The van der Waals surface area contributed by atoms with Crippen LogP contribution in [0.2, 0.25) is 0 Å². The highest BCUT2D eigenvalue weighted by atomic mass is 19.1. The van der Waals surface area contributed by atoms with Gasteiger partial charge in [0, 0.05) is 25.0 Å². The lowest BCUT2D eigenvalue weighted by Gasteiger charge is -2.32. The average Bonchev–Trinajstić information content (AvgIpc) is 3.49. The molecule has 33 heavy (non-hydrogen) atoms. The number of pyridine rings is 1. The monoisotopic (exact) mass is 444 g/mol. The molecule has 3 aromatic heterocycles. The van der Waals surface area contributed by atoms with Gasteiger partial charge in [0.15, 0.2) is 18.3 Å². The van der Waals surface area contributed by atoms with Gasteiger partial charge < -0.3 is 4.90 Å². The topological polar surface area (TPSA) is 100 Å². The zero-order chi connectivity index (χ0) is 22.8. The molecule has 5 heterocycles. The summed E-state index contributed by atoms with van der Waals surface area (Å²) in [5.41, 5.74) is 2.51. The Bertz CT molecular complexity index is 1320. The second-order valence-electron chi connectivity index (χ2n) is 8.08. The number of rotatable bonds is 5. The van der Waals surface area contributed by atoms with E-state index < -0.39 is 0 Å². The predicted octanol–water partition coefficient (Wildman–Crippen LogP) is 2.90. The Kier molecular flexibility index (Phi) is 5.60. The number of fused-ring (bicyclic) bond motifs is 1. The van der Waals surface area contributed by atoms with Crippen LogP contribution >= 0.6 is 0 Å². The Morgan fingerprint density at radius 3 is 3.03 bits per heavy atom. The molecule has 10 heteroatoms. The highest BCUT2D eigenvalue weighted by Gasteiger charge is 2.25. The van der Waals surface area contributed by atoms with Crippen LogP contribution in [0.25, 0.3) is 17.2 Å². The summed E-state index contributed by atoms with van der Waals surface area (Å²) < 4.78 is 15.5. The van der Waals surface area contributed by atoms with E-state index in [2.05, 4.69) is 31.1 Å². The van der Waals surface area contributed by atoms with Gasteiger partial charge in [0.05, 0.1) is 12.6 Å². The summed E-state index contributed by atoms with van der Waals surface area (Å²) in [5, 5.41) is 8.00. The quantitative estimate of drug-likeness (QED) is 0.565. The first-order valence-electron chi connectivity index (χ1n) is 10.7. The largest absolute Gasteiger partial charge is 0.342 e. The van der Waals surface area contributed by atoms with Gasteiger partial charge in [-0.1, -0.05) is 5.92 Å². The molecule has 1 fully saturated rings. The van der Waals surface area contributed by atoms with E-state index in [0.29, 0.717) is 41.7 Å². The summed E-state index contributed by atoms with van der Waals surface area (Å²) in [4.78, 5) is 32.1. The molecule has 0 spiro atoms. The second kappa shape index (κ2) is 8.86. The Labute approximate surface area is 189 Å². The molecule has 0 radical (unpaired) electrons. The fourth-order valence-electron chi connectivity index (χ4n) is 4.27. The number of amides is 1. The third-order valence-corrected chi connectivity index (χ3v) is 5.78. The maximum Gasteiger partial charge on any atom is 0.234 e. The molecule has 3 aromatic rings. The van der Waals surface area contributed by atoms with Crippen molar-refractivity contribution in [2.45, 2.75) is 25.7 Å². The molecular weight excluding hydrogens is 423 g/mol. The third-order valence-electron chi connectivity index (χ3n) is 5.78. The van der Waals surface area contributed by atoms with Gasteiger partial charge in [-0.05, 0) is 43.4 Å². The predicted molar refractivity (Wildman–Crippen MR) is 119 cm³/mol. The molecule has 1 saturated heterocycles. The van der Waals surface area contributed by atoms with E-state index in [1.165, 1.54) is 12.3 Å². The van der Waals surface area contributed by atoms with E-state index >= 15 is 0 Å². The summed E-state index contributed by atoms with van der Waals surface area (Å²) in [6.45, 7) is 1.62. The number of nitrogens with zero attached hydrogens (tertiary/aromatic N) is 8. The Morgan fingerprint density at radius 2 is 2.21 bits per heavy atom. The minimum absolute atomic E-state index is 0.0141. The number of terminal acetylenes is 1. The highest BCUT2D eigenvalue weighted by molar-refractivity contribution is 5.98. The number of piperidine rings is 1. The summed E-state index contributed by atoms with van der Waals surface area (Å²) in [5.74, 6) is 3.12. The molecule has 5 rings (SSSR count). The van der Waals surface area contributed by atoms with Gasteiger partial charge in [-0.25, -0.2) is 24.3 Å². The summed E-state index contributed by atoms with van der Waals surface area (Å²) >= 11 is 0. The van der Waals surface area contributed by atoms with Crippen molar-refractivity contribution >= 4 is 17.4 Å². The van der Waals surface area contributed by atoms with Crippen molar-refractivity contribution in [3.8, 4) is 23.9 Å². The maximum absolute atomic E-state index is 13.9. The standard InChI is InChI=1S/C23H21FN8O/c1-2-4-21(33)31-8-3-5-15(12-31)9-17-10-18(22-26-14-27-30-22)29-23(28-17)19-11-25-20-7-6-16(24)13-32(19)20/h1,6-7,10-11,13,15H,3-5,8-9,12,14H2/t15-/m0/s1. The van der Waals surface area contributed by atoms with Gasteiger partial charge in [0.1, 0.15) is 22.9 Å². The van der Waals surface area contributed by atoms with Gasteiger partial charge in [-0.2, -0.15) is 5.11 Å². The molecule has 0 bridgehead atoms. The first-order valence-corrected chi connectivity index (χ1v) is 10.7. The summed E-state index contributed by atoms with van der Waals surface area (Å²) in [6.07, 6.45) is 11.0. The zero-order valence-electron chi connectivity index (χ0n) is 17.9. The van der Waals surface area contributed by atoms with Crippen LogP contribution < -0.4 is 0 Å². The number of aromatic nitrogens is 4. The number of aliphatic imine (C=N–C) groups is 1. The molecule has 166 valence electrons. The van der Waals surface area contributed by atoms with Crippen molar-refractivity contribution in [3.05, 3.63) is 47.8 Å². The van der Waals surface area contributed by atoms with Crippen LogP contribution in [0.15, 0.2) is 45.8 Å². The van der Waals surface area contributed by atoms with Crippen molar-refractivity contribution in [2.75, 3.05) is 19.8 Å². The SMILES string of the molecule is C#CCC(=O)N1CCC[C@@H](Cc2cc(C3=NCN=N3)nc(-c3cnc4ccc(F)cn34)n2)C1. The number of azo groups is 1. The van der Waals surface area contributed by atoms with Gasteiger partial charge in [0.25, 0.3) is 0 Å². The molecule has 0 aromatic carbocycles. The molecule has 1 atom stereocenters. The average molecular weight is 444 g/mol. The number of imidazole rings is 1. The van der Waals surface area contributed by atoms with Gasteiger partial charge in [-0.15, -0.1) is 11.5 Å². The van der Waals surface area contributed by atoms with Gasteiger partial charge in [0.2, 0.25) is 5.91 Å². The number of carbonyl (C=O) groups is 1.